The molecule has 0 bridgehead atoms. The maximum atomic E-state index is 12.2. The summed E-state index contributed by atoms with van der Waals surface area (Å²) in [6.45, 7) is 1.98. The van der Waals surface area contributed by atoms with Crippen molar-refractivity contribution < 1.29 is 17.9 Å². The lowest BCUT2D eigenvalue weighted by Crippen LogP contribution is -2.35. The highest BCUT2D eigenvalue weighted by Gasteiger charge is 2.40. The van der Waals surface area contributed by atoms with Crippen molar-refractivity contribution in [2.75, 3.05) is 16.8 Å². The second-order valence-corrected chi connectivity index (χ2v) is 8.16. The van der Waals surface area contributed by atoms with Crippen molar-refractivity contribution in [1.82, 2.24) is 0 Å². The minimum Gasteiger partial charge on any atom is -0.455 e. The molecule has 1 aliphatic heterocycles. The molecule has 24 heavy (non-hydrogen) atoms. The summed E-state index contributed by atoms with van der Waals surface area (Å²) in [7, 11) is -3.24. The Balaban J connectivity index is 1.74. The van der Waals surface area contributed by atoms with E-state index >= 15 is 0 Å². The summed E-state index contributed by atoms with van der Waals surface area (Å²) in [5, 5.41) is 3.17. The van der Waals surface area contributed by atoms with Gasteiger partial charge in [0.05, 0.1) is 23.1 Å². The molecule has 2 atom stereocenters. The van der Waals surface area contributed by atoms with E-state index < -0.39 is 28.0 Å². The molecule has 5 nitrogen and oxygen atoms in total. The van der Waals surface area contributed by atoms with E-state index in [1.807, 2.05) is 31.2 Å². The number of hydrogen-bond acceptors (Lipinski definition) is 5. The molecule has 3 rings (SSSR count). The molecule has 0 aromatic heterocycles. The molecule has 0 spiro atoms. The molecule has 2 unspecified atom stereocenters. The zero-order valence-electron chi connectivity index (χ0n) is 13.3. The van der Waals surface area contributed by atoms with Gasteiger partial charge in [-0.15, -0.1) is 0 Å². The zero-order valence-corrected chi connectivity index (χ0v) is 14.1. The summed E-state index contributed by atoms with van der Waals surface area (Å²) >= 11 is 0. The SMILES string of the molecule is Cc1ccc(NC2CS(=O)(=O)CC2OC(=O)c2ccccc2)cc1. The van der Waals surface area contributed by atoms with E-state index in [0.717, 1.165) is 11.3 Å². The largest absolute Gasteiger partial charge is 0.455 e. The van der Waals surface area contributed by atoms with Crippen LogP contribution >= 0.6 is 0 Å². The fourth-order valence-corrected chi connectivity index (χ4v) is 4.49. The zero-order chi connectivity index (χ0) is 17.2. The number of esters is 1. The number of nitrogens with one attached hydrogen (secondary N) is 1. The van der Waals surface area contributed by atoms with Crippen LogP contribution in [0.4, 0.5) is 5.69 Å². The Morgan fingerprint density at radius 3 is 2.38 bits per heavy atom. The molecule has 6 heteroatoms. The standard InChI is InChI=1S/C18H19NO4S/c1-13-7-9-15(10-8-13)19-16-11-24(21,22)12-17(16)23-18(20)14-5-3-2-4-6-14/h2-10,16-17,19H,11-12H2,1H3. The second kappa shape index (κ2) is 6.65. The number of benzene rings is 2. The van der Waals surface area contributed by atoms with Gasteiger partial charge in [0.1, 0.15) is 6.10 Å². The van der Waals surface area contributed by atoms with Crippen molar-refractivity contribution in [2.45, 2.75) is 19.1 Å². The van der Waals surface area contributed by atoms with Crippen LogP contribution in [0.15, 0.2) is 54.6 Å². The molecular formula is C18H19NO4S. The van der Waals surface area contributed by atoms with Crippen molar-refractivity contribution in [1.29, 1.82) is 0 Å². The highest BCUT2D eigenvalue weighted by atomic mass is 32.2. The first-order valence-electron chi connectivity index (χ1n) is 7.73. The average Bonchev–Trinajstić information content (AvgIpc) is 2.84. The monoisotopic (exact) mass is 345 g/mol. The number of anilines is 1. The van der Waals surface area contributed by atoms with Crippen LogP contribution in [0.25, 0.3) is 0 Å². The Kier molecular flexibility index (Phi) is 4.57. The fourth-order valence-electron chi connectivity index (χ4n) is 2.71. The van der Waals surface area contributed by atoms with Crippen LogP contribution < -0.4 is 5.32 Å². The first kappa shape index (κ1) is 16.5. The molecule has 1 aliphatic rings. The van der Waals surface area contributed by atoms with Crippen molar-refractivity contribution in [3.8, 4) is 0 Å². The highest BCUT2D eigenvalue weighted by Crippen LogP contribution is 2.22. The van der Waals surface area contributed by atoms with E-state index in [2.05, 4.69) is 5.32 Å². The molecule has 1 heterocycles. The van der Waals surface area contributed by atoms with Gasteiger partial charge in [0.2, 0.25) is 0 Å². The van der Waals surface area contributed by atoms with Crippen LogP contribution in [0.2, 0.25) is 0 Å². The molecule has 0 amide bonds. The van der Waals surface area contributed by atoms with Gasteiger partial charge in [0.15, 0.2) is 9.84 Å². The van der Waals surface area contributed by atoms with Gasteiger partial charge in [0.25, 0.3) is 0 Å². The Bertz CT molecular complexity index is 816. The third kappa shape index (κ3) is 3.94. The van der Waals surface area contributed by atoms with Crippen LogP contribution in [-0.2, 0) is 14.6 Å². The summed E-state index contributed by atoms with van der Waals surface area (Å²) in [6, 6.07) is 15.8. The minimum absolute atomic E-state index is 0.0480. The smallest absolute Gasteiger partial charge is 0.338 e. The summed E-state index contributed by atoms with van der Waals surface area (Å²) in [5.41, 5.74) is 2.34. The Labute approximate surface area is 141 Å². The third-order valence-electron chi connectivity index (χ3n) is 3.97. The van der Waals surface area contributed by atoms with Crippen molar-refractivity contribution >= 4 is 21.5 Å². The topological polar surface area (TPSA) is 72.5 Å². The van der Waals surface area contributed by atoms with Crippen molar-refractivity contribution in [3.05, 3.63) is 65.7 Å². The lowest BCUT2D eigenvalue weighted by atomic mass is 10.1. The average molecular weight is 345 g/mol. The molecule has 0 radical (unpaired) electrons. The van der Waals surface area contributed by atoms with E-state index in [9.17, 15) is 13.2 Å². The predicted molar refractivity (Wildman–Crippen MR) is 92.9 cm³/mol. The molecular weight excluding hydrogens is 326 g/mol. The maximum absolute atomic E-state index is 12.2. The number of carbonyl (C=O) groups excluding carboxylic acids is 1. The molecule has 1 saturated heterocycles. The van der Waals surface area contributed by atoms with E-state index in [-0.39, 0.29) is 11.5 Å². The van der Waals surface area contributed by atoms with Gasteiger partial charge in [-0.1, -0.05) is 35.9 Å². The van der Waals surface area contributed by atoms with E-state index in [1.165, 1.54) is 0 Å². The van der Waals surface area contributed by atoms with Crippen molar-refractivity contribution in [2.24, 2.45) is 0 Å². The number of hydrogen-bond donors (Lipinski definition) is 1. The molecule has 0 aliphatic carbocycles. The number of rotatable bonds is 4. The first-order chi connectivity index (χ1) is 11.4. The summed E-state index contributed by atoms with van der Waals surface area (Å²) in [6.07, 6.45) is -0.705. The Morgan fingerprint density at radius 2 is 1.71 bits per heavy atom. The fraction of sp³-hybridized carbons (Fsp3) is 0.278. The summed E-state index contributed by atoms with van der Waals surface area (Å²) < 4.78 is 29.4. The normalized spacial score (nSPS) is 22.0. The molecule has 1 N–H and O–H groups in total. The van der Waals surface area contributed by atoms with Gasteiger partial charge >= 0.3 is 5.97 Å². The van der Waals surface area contributed by atoms with Crippen LogP contribution in [0.3, 0.4) is 0 Å². The number of sulfone groups is 1. The number of carbonyl (C=O) groups is 1. The molecule has 1 fully saturated rings. The van der Waals surface area contributed by atoms with Gasteiger partial charge < -0.3 is 10.1 Å². The van der Waals surface area contributed by atoms with Crippen LogP contribution in [0.1, 0.15) is 15.9 Å². The number of aryl methyl sites for hydroxylation is 1. The van der Waals surface area contributed by atoms with Crippen LogP contribution in [-0.4, -0.2) is 38.0 Å². The lowest BCUT2D eigenvalue weighted by Gasteiger charge is -2.21. The van der Waals surface area contributed by atoms with Gasteiger partial charge in [-0.2, -0.15) is 0 Å². The molecule has 2 aromatic rings. The Hall–Kier alpha value is -2.34. The number of ether oxygens (including phenoxy) is 1. The predicted octanol–water partition coefficient (Wildman–Crippen LogP) is 2.43. The lowest BCUT2D eigenvalue weighted by molar-refractivity contribution is 0.0337. The second-order valence-electron chi connectivity index (χ2n) is 6.00. The molecule has 0 saturated carbocycles. The maximum Gasteiger partial charge on any atom is 0.338 e. The Morgan fingerprint density at radius 1 is 1.04 bits per heavy atom. The summed E-state index contributed by atoms with van der Waals surface area (Å²) in [4.78, 5) is 12.2. The quantitative estimate of drug-likeness (QED) is 0.862. The van der Waals surface area contributed by atoms with Crippen LogP contribution in [0.5, 0.6) is 0 Å². The minimum atomic E-state index is -3.24. The molecule has 126 valence electrons. The highest BCUT2D eigenvalue weighted by molar-refractivity contribution is 7.91. The summed E-state index contributed by atoms with van der Waals surface area (Å²) in [5.74, 6) is -0.712. The van der Waals surface area contributed by atoms with E-state index in [0.29, 0.717) is 5.56 Å². The van der Waals surface area contributed by atoms with Crippen molar-refractivity contribution in [3.63, 3.8) is 0 Å². The van der Waals surface area contributed by atoms with Gasteiger partial charge in [0, 0.05) is 5.69 Å². The first-order valence-corrected chi connectivity index (χ1v) is 9.55. The van der Waals surface area contributed by atoms with Gasteiger partial charge in [-0.3, -0.25) is 0 Å². The molecule has 2 aromatic carbocycles. The van der Waals surface area contributed by atoms with Crippen LogP contribution in [0, 0.1) is 6.92 Å². The van der Waals surface area contributed by atoms with Gasteiger partial charge in [-0.05, 0) is 31.2 Å². The third-order valence-corrected chi connectivity index (χ3v) is 5.68. The van der Waals surface area contributed by atoms with E-state index in [1.54, 1.807) is 30.3 Å². The van der Waals surface area contributed by atoms with Gasteiger partial charge in [-0.25, -0.2) is 13.2 Å². The van der Waals surface area contributed by atoms with E-state index in [4.69, 9.17) is 4.74 Å².